The highest BCUT2D eigenvalue weighted by Gasteiger charge is 2.31. The van der Waals surface area contributed by atoms with Crippen LogP contribution < -0.4 is 14.8 Å². The Bertz CT molecular complexity index is 1120. The minimum atomic E-state index is -0.438. The third-order valence-corrected chi connectivity index (χ3v) is 7.46. The topological polar surface area (TPSA) is 64.6 Å². The number of nitrogens with one attached hydrogen (secondary N) is 1. The average molecular weight is 568 g/mol. The number of esters is 1. The predicted octanol–water partition coefficient (Wildman–Crippen LogP) is 6.44. The van der Waals surface area contributed by atoms with E-state index in [4.69, 9.17) is 21.1 Å². The maximum Gasteiger partial charge on any atom is 0.320 e. The van der Waals surface area contributed by atoms with E-state index in [2.05, 4.69) is 38.6 Å². The summed E-state index contributed by atoms with van der Waals surface area (Å²) in [5.74, 6) is 0.581. The molecule has 2 aromatic carbocycles. The number of carbonyl (C=O) groups excluding carboxylic acids is 2. The van der Waals surface area contributed by atoms with Crippen LogP contribution in [-0.2, 0) is 16.0 Å². The summed E-state index contributed by atoms with van der Waals surface area (Å²) < 4.78 is 11.9. The largest absolute Gasteiger partial charge is 0.494 e. The van der Waals surface area contributed by atoms with Crippen LogP contribution in [0.2, 0.25) is 0 Å². The van der Waals surface area contributed by atoms with Crippen LogP contribution in [0, 0.1) is 5.92 Å². The molecule has 0 saturated heterocycles. The zero-order chi connectivity index (χ0) is 28.8. The number of hydrogen-bond donors (Lipinski definition) is 1. The van der Waals surface area contributed by atoms with Gasteiger partial charge in [0.15, 0.2) is 6.04 Å². The molecule has 0 bridgehead atoms. The monoisotopic (exact) mass is 567 g/mol. The van der Waals surface area contributed by atoms with E-state index in [0.29, 0.717) is 28.3 Å². The summed E-state index contributed by atoms with van der Waals surface area (Å²) in [6.45, 7) is 1.37. The molecule has 40 heavy (non-hydrogen) atoms. The molecule has 3 rings (SSSR count). The maximum atomic E-state index is 12.9. The lowest BCUT2D eigenvalue weighted by molar-refractivity contribution is -0.886. The molecule has 2 aromatic rings. The van der Waals surface area contributed by atoms with Gasteiger partial charge in [0.25, 0.3) is 5.91 Å². The molecule has 0 saturated carbocycles. The van der Waals surface area contributed by atoms with Gasteiger partial charge in [-0.2, -0.15) is 0 Å². The van der Waals surface area contributed by atoms with Crippen molar-refractivity contribution in [3.8, 4) is 11.5 Å². The van der Waals surface area contributed by atoms with Crippen LogP contribution in [-0.4, -0.2) is 56.7 Å². The first-order chi connectivity index (χ1) is 19.2. The van der Waals surface area contributed by atoms with Crippen molar-refractivity contribution in [1.29, 1.82) is 0 Å². The fourth-order valence-corrected chi connectivity index (χ4v) is 4.86. The SMILES string of the molecule is C[N+](C)(C)C(Cc1ccccc1)C(=O)NCCCCCCCCOc1ccc(OC(=O)C2CC=CC=C2Cl)cc1. The second kappa shape index (κ2) is 16.2. The lowest BCUT2D eigenvalue weighted by Crippen LogP contribution is -2.55. The van der Waals surface area contributed by atoms with Gasteiger partial charge >= 0.3 is 5.97 Å². The van der Waals surface area contributed by atoms with Crippen molar-refractivity contribution >= 4 is 23.5 Å². The van der Waals surface area contributed by atoms with E-state index < -0.39 is 5.92 Å². The van der Waals surface area contributed by atoms with Crippen molar-refractivity contribution in [3.63, 3.8) is 0 Å². The molecule has 216 valence electrons. The molecule has 7 heteroatoms. The number of halogens is 1. The Kier molecular flexibility index (Phi) is 12.8. The van der Waals surface area contributed by atoms with Crippen LogP contribution in [0.1, 0.15) is 50.5 Å². The summed E-state index contributed by atoms with van der Waals surface area (Å²) in [5.41, 5.74) is 1.19. The Hall–Kier alpha value is -3.09. The molecular weight excluding hydrogens is 524 g/mol. The van der Waals surface area contributed by atoms with Crippen molar-refractivity contribution in [2.45, 2.75) is 57.4 Å². The summed E-state index contributed by atoms with van der Waals surface area (Å²) in [4.78, 5) is 25.2. The molecule has 0 aromatic heterocycles. The number of likely N-dealkylation sites (N-methyl/N-ethyl adjacent to an activating group) is 1. The molecule has 0 fully saturated rings. The molecule has 0 heterocycles. The van der Waals surface area contributed by atoms with Gasteiger partial charge in [-0.1, -0.05) is 79.8 Å². The number of benzene rings is 2. The first-order valence-corrected chi connectivity index (χ1v) is 14.7. The molecule has 1 N–H and O–H groups in total. The standard InChI is InChI=1S/C33H43ClN2O4/c1-36(2,3)31(25-26-15-9-8-10-16-26)32(37)35-23-13-6-4-5-7-14-24-39-27-19-21-28(22-20-27)40-33(38)29-17-11-12-18-30(29)34/h8-12,15-16,18-22,29,31H,4-7,13-14,17,23-25H2,1-3H3/p+1. The Morgan fingerprint density at radius 2 is 1.57 bits per heavy atom. The van der Waals surface area contributed by atoms with Crippen molar-refractivity contribution in [1.82, 2.24) is 5.32 Å². The van der Waals surface area contributed by atoms with Crippen LogP contribution in [0.15, 0.2) is 77.9 Å². The molecule has 1 amide bonds. The Morgan fingerprint density at radius 3 is 2.25 bits per heavy atom. The van der Waals surface area contributed by atoms with Crippen LogP contribution in [0.25, 0.3) is 0 Å². The highest BCUT2D eigenvalue weighted by molar-refractivity contribution is 6.31. The summed E-state index contributed by atoms with van der Waals surface area (Å²) in [6, 6.07) is 17.2. The van der Waals surface area contributed by atoms with E-state index in [1.165, 1.54) is 5.56 Å². The number of unbranched alkanes of at least 4 members (excludes halogenated alkanes) is 5. The molecule has 0 spiro atoms. The van der Waals surface area contributed by atoms with Gasteiger partial charge in [0.1, 0.15) is 11.5 Å². The Labute approximate surface area is 244 Å². The fourth-order valence-electron chi connectivity index (χ4n) is 4.61. The third kappa shape index (κ3) is 10.8. The van der Waals surface area contributed by atoms with Crippen molar-refractivity contribution in [2.75, 3.05) is 34.3 Å². The predicted molar refractivity (Wildman–Crippen MR) is 161 cm³/mol. The smallest absolute Gasteiger partial charge is 0.320 e. The quantitative estimate of drug-likeness (QED) is 0.110. The van der Waals surface area contributed by atoms with Gasteiger partial charge in [0.2, 0.25) is 0 Å². The number of rotatable bonds is 16. The number of allylic oxidation sites excluding steroid dienone is 3. The number of hydrogen-bond acceptors (Lipinski definition) is 4. The van der Waals surface area contributed by atoms with Gasteiger partial charge in [0.05, 0.1) is 33.7 Å². The Balaban J connectivity index is 1.23. The second-order valence-electron chi connectivity index (χ2n) is 11.2. The fraction of sp³-hybridized carbons (Fsp3) is 0.455. The number of carbonyl (C=O) groups is 2. The van der Waals surface area contributed by atoms with Crippen LogP contribution in [0.5, 0.6) is 11.5 Å². The highest BCUT2D eigenvalue weighted by atomic mass is 35.5. The van der Waals surface area contributed by atoms with Gasteiger partial charge in [0, 0.05) is 18.0 Å². The molecule has 0 aliphatic heterocycles. The van der Waals surface area contributed by atoms with Crippen molar-refractivity contribution < 1.29 is 23.5 Å². The molecule has 2 unspecified atom stereocenters. The maximum absolute atomic E-state index is 12.9. The van der Waals surface area contributed by atoms with E-state index in [1.807, 2.05) is 42.5 Å². The lowest BCUT2D eigenvalue weighted by atomic mass is 10.0. The number of nitrogens with zero attached hydrogens (tertiary/aromatic N) is 1. The van der Waals surface area contributed by atoms with Gasteiger partial charge in [-0.05, 0) is 55.2 Å². The normalized spacial score (nSPS) is 15.7. The van der Waals surface area contributed by atoms with Gasteiger partial charge in [-0.15, -0.1) is 0 Å². The minimum absolute atomic E-state index is 0.107. The van der Waals surface area contributed by atoms with Crippen LogP contribution in [0.3, 0.4) is 0 Å². The van der Waals surface area contributed by atoms with E-state index in [-0.39, 0.29) is 17.9 Å². The molecular formula is C33H44ClN2O4+. The zero-order valence-electron chi connectivity index (χ0n) is 24.1. The molecule has 2 atom stereocenters. The summed E-state index contributed by atoms with van der Waals surface area (Å²) in [5, 5.41) is 3.66. The van der Waals surface area contributed by atoms with Gasteiger partial charge in [-0.3, -0.25) is 9.59 Å². The third-order valence-electron chi connectivity index (χ3n) is 7.07. The van der Waals surface area contributed by atoms with E-state index >= 15 is 0 Å². The van der Waals surface area contributed by atoms with Crippen molar-refractivity contribution in [2.24, 2.45) is 5.92 Å². The Morgan fingerprint density at radius 1 is 0.925 bits per heavy atom. The molecule has 0 radical (unpaired) electrons. The van der Waals surface area contributed by atoms with E-state index in [0.717, 1.165) is 57.2 Å². The van der Waals surface area contributed by atoms with Crippen LogP contribution >= 0.6 is 11.6 Å². The second-order valence-corrected chi connectivity index (χ2v) is 11.7. The van der Waals surface area contributed by atoms with Crippen molar-refractivity contribution in [3.05, 3.63) is 83.4 Å². The minimum Gasteiger partial charge on any atom is -0.494 e. The lowest BCUT2D eigenvalue weighted by Gasteiger charge is -2.33. The summed E-state index contributed by atoms with van der Waals surface area (Å²) in [6.07, 6.45) is 13.3. The molecule has 1 aliphatic carbocycles. The summed E-state index contributed by atoms with van der Waals surface area (Å²) in [7, 11) is 6.23. The van der Waals surface area contributed by atoms with Gasteiger partial charge < -0.3 is 19.3 Å². The average Bonchev–Trinajstić information content (AvgIpc) is 2.93. The van der Waals surface area contributed by atoms with E-state index in [1.54, 1.807) is 18.2 Å². The first-order valence-electron chi connectivity index (χ1n) is 14.3. The number of ether oxygens (including phenoxy) is 2. The summed E-state index contributed by atoms with van der Waals surface area (Å²) >= 11 is 6.13. The zero-order valence-corrected chi connectivity index (χ0v) is 24.9. The highest BCUT2D eigenvalue weighted by Crippen LogP contribution is 2.27. The first kappa shape index (κ1) is 31.4. The molecule has 6 nitrogen and oxygen atoms in total. The number of quaternary nitrogens is 1. The molecule has 1 aliphatic rings. The number of amides is 1. The van der Waals surface area contributed by atoms with E-state index in [9.17, 15) is 9.59 Å². The van der Waals surface area contributed by atoms with Crippen LogP contribution in [0.4, 0.5) is 0 Å². The van der Waals surface area contributed by atoms with Gasteiger partial charge in [-0.25, -0.2) is 0 Å².